The summed E-state index contributed by atoms with van der Waals surface area (Å²) in [7, 11) is 0. The fraction of sp³-hybridized carbons (Fsp3) is 0.750. The van der Waals surface area contributed by atoms with E-state index in [0.29, 0.717) is 6.61 Å². The van der Waals surface area contributed by atoms with E-state index in [0.717, 1.165) is 12.8 Å². The minimum absolute atomic E-state index is 0.0583. The van der Waals surface area contributed by atoms with Crippen molar-refractivity contribution in [3.8, 4) is 0 Å². The van der Waals surface area contributed by atoms with Gasteiger partial charge in [0.2, 0.25) is 0 Å². The molecule has 0 aromatic rings. The number of carbonyl (C=O) groups excluding carboxylic acids is 1. The van der Waals surface area contributed by atoms with Crippen LogP contribution in [0.4, 0.5) is 0 Å². The summed E-state index contributed by atoms with van der Waals surface area (Å²) in [4.78, 5) is 11.3. The third-order valence-corrected chi connectivity index (χ3v) is 2.06. The molecule has 0 aliphatic heterocycles. The largest absolute Gasteiger partial charge is 0.463 e. The van der Waals surface area contributed by atoms with Crippen molar-refractivity contribution in [2.75, 3.05) is 6.61 Å². The number of carbonyl (C=O) groups is 1. The Morgan fingerprint density at radius 1 is 1.29 bits per heavy atom. The van der Waals surface area contributed by atoms with E-state index in [-0.39, 0.29) is 11.4 Å². The third-order valence-electron chi connectivity index (χ3n) is 2.06. The maximum Gasteiger partial charge on any atom is 0.330 e. The lowest BCUT2D eigenvalue weighted by molar-refractivity contribution is -0.137. The molecule has 0 unspecified atom stereocenters. The Balaban J connectivity index is 4.56. The van der Waals surface area contributed by atoms with Crippen molar-refractivity contribution in [1.29, 1.82) is 0 Å². The van der Waals surface area contributed by atoms with Crippen molar-refractivity contribution in [3.05, 3.63) is 11.6 Å². The minimum Gasteiger partial charge on any atom is -0.463 e. The van der Waals surface area contributed by atoms with E-state index in [1.165, 1.54) is 5.57 Å². The fourth-order valence-corrected chi connectivity index (χ4v) is 1.26. The van der Waals surface area contributed by atoms with Gasteiger partial charge in [-0.2, -0.15) is 0 Å². The number of hydrogen-bond donors (Lipinski definition) is 0. The highest BCUT2D eigenvalue weighted by Crippen LogP contribution is 2.28. The molecule has 0 aliphatic carbocycles. The molecule has 14 heavy (non-hydrogen) atoms. The molecule has 0 saturated carbocycles. The molecule has 2 nitrogen and oxygen atoms in total. The SMILES string of the molecule is CCC/C(=C/C(=O)OCC)C(C)(C)C. The normalized spacial score (nSPS) is 12.8. The van der Waals surface area contributed by atoms with Crippen LogP contribution in [0.3, 0.4) is 0 Å². The molecule has 0 rings (SSSR count). The summed E-state index contributed by atoms with van der Waals surface area (Å²) >= 11 is 0. The average Bonchev–Trinajstić information content (AvgIpc) is 2.02. The summed E-state index contributed by atoms with van der Waals surface area (Å²) in [6.45, 7) is 10.7. The first-order valence-corrected chi connectivity index (χ1v) is 5.29. The van der Waals surface area contributed by atoms with Gasteiger partial charge in [-0.05, 0) is 18.8 Å². The highest BCUT2D eigenvalue weighted by atomic mass is 16.5. The Labute approximate surface area is 87.3 Å². The van der Waals surface area contributed by atoms with E-state index in [2.05, 4.69) is 27.7 Å². The fourth-order valence-electron chi connectivity index (χ4n) is 1.26. The summed E-state index contributed by atoms with van der Waals surface area (Å²) in [6, 6.07) is 0. The molecule has 0 fully saturated rings. The third kappa shape index (κ3) is 5.05. The first-order valence-electron chi connectivity index (χ1n) is 5.29. The second-order valence-corrected chi connectivity index (χ2v) is 4.42. The van der Waals surface area contributed by atoms with Gasteiger partial charge in [-0.15, -0.1) is 0 Å². The lowest BCUT2D eigenvalue weighted by Crippen LogP contribution is -2.12. The van der Waals surface area contributed by atoms with Crippen LogP contribution in [0.1, 0.15) is 47.5 Å². The maximum absolute atomic E-state index is 11.3. The van der Waals surface area contributed by atoms with Gasteiger partial charge >= 0.3 is 5.97 Å². The zero-order valence-corrected chi connectivity index (χ0v) is 10.0. The van der Waals surface area contributed by atoms with Gasteiger partial charge in [0.25, 0.3) is 0 Å². The van der Waals surface area contributed by atoms with Crippen molar-refractivity contribution >= 4 is 5.97 Å². The van der Waals surface area contributed by atoms with Gasteiger partial charge in [0, 0.05) is 6.08 Å². The summed E-state index contributed by atoms with van der Waals surface area (Å²) in [5.41, 5.74) is 1.22. The van der Waals surface area contributed by atoms with Crippen LogP contribution in [0, 0.1) is 5.41 Å². The lowest BCUT2D eigenvalue weighted by atomic mass is 9.83. The first kappa shape index (κ1) is 13.2. The van der Waals surface area contributed by atoms with Gasteiger partial charge in [-0.25, -0.2) is 4.79 Å². The molecule has 0 N–H and O–H groups in total. The molecular weight excluding hydrogens is 176 g/mol. The van der Waals surface area contributed by atoms with Crippen molar-refractivity contribution in [2.24, 2.45) is 5.41 Å². The van der Waals surface area contributed by atoms with Crippen LogP contribution in [0.5, 0.6) is 0 Å². The predicted octanol–water partition coefficient (Wildman–Crippen LogP) is 3.32. The van der Waals surface area contributed by atoms with Gasteiger partial charge in [-0.1, -0.05) is 39.7 Å². The Morgan fingerprint density at radius 2 is 1.86 bits per heavy atom. The highest BCUT2D eigenvalue weighted by Gasteiger charge is 2.17. The Bertz CT molecular complexity index is 209. The van der Waals surface area contributed by atoms with Gasteiger partial charge in [0.05, 0.1) is 6.61 Å². The van der Waals surface area contributed by atoms with Crippen LogP contribution >= 0.6 is 0 Å². The van der Waals surface area contributed by atoms with E-state index in [1.807, 2.05) is 6.92 Å². The van der Waals surface area contributed by atoms with Crippen molar-refractivity contribution in [1.82, 2.24) is 0 Å². The number of allylic oxidation sites excluding steroid dienone is 1. The molecule has 0 radical (unpaired) electrons. The van der Waals surface area contributed by atoms with Crippen LogP contribution < -0.4 is 0 Å². The molecule has 82 valence electrons. The lowest BCUT2D eigenvalue weighted by Gasteiger charge is -2.22. The Morgan fingerprint density at radius 3 is 2.21 bits per heavy atom. The molecule has 0 atom stereocenters. The summed E-state index contributed by atoms with van der Waals surface area (Å²) in [5, 5.41) is 0. The highest BCUT2D eigenvalue weighted by molar-refractivity contribution is 5.83. The van der Waals surface area contributed by atoms with Crippen LogP contribution in [-0.4, -0.2) is 12.6 Å². The van der Waals surface area contributed by atoms with Gasteiger partial charge in [0.1, 0.15) is 0 Å². The molecule has 0 heterocycles. The van der Waals surface area contributed by atoms with Crippen molar-refractivity contribution in [3.63, 3.8) is 0 Å². The van der Waals surface area contributed by atoms with Crippen molar-refractivity contribution < 1.29 is 9.53 Å². The standard InChI is InChI=1S/C12H22O2/c1-6-8-10(12(3,4)5)9-11(13)14-7-2/h9H,6-8H2,1-5H3/b10-9-. The number of hydrogen-bond acceptors (Lipinski definition) is 2. The van der Waals surface area contributed by atoms with Crippen molar-refractivity contribution in [2.45, 2.75) is 47.5 Å². The van der Waals surface area contributed by atoms with Crippen LogP contribution in [-0.2, 0) is 9.53 Å². The summed E-state index contributed by atoms with van der Waals surface area (Å²) in [5.74, 6) is -0.217. The topological polar surface area (TPSA) is 26.3 Å². The average molecular weight is 198 g/mol. The molecule has 0 bridgehead atoms. The molecule has 0 aliphatic rings. The van der Waals surface area contributed by atoms with E-state index in [9.17, 15) is 4.79 Å². The summed E-state index contributed by atoms with van der Waals surface area (Å²) in [6.07, 6.45) is 3.66. The molecule has 2 heteroatoms. The number of esters is 1. The molecule has 0 saturated heterocycles. The van der Waals surface area contributed by atoms with Gasteiger partial charge in [-0.3, -0.25) is 0 Å². The summed E-state index contributed by atoms with van der Waals surface area (Å²) < 4.78 is 4.90. The minimum atomic E-state index is -0.217. The molecule has 0 aromatic heterocycles. The first-order chi connectivity index (χ1) is 6.41. The van der Waals surface area contributed by atoms with Crippen LogP contribution in [0.15, 0.2) is 11.6 Å². The molecule has 0 amide bonds. The smallest absolute Gasteiger partial charge is 0.330 e. The number of ether oxygens (including phenoxy) is 1. The predicted molar refractivity (Wildman–Crippen MR) is 59.1 cm³/mol. The van der Waals surface area contributed by atoms with E-state index >= 15 is 0 Å². The second kappa shape index (κ2) is 5.84. The molecular formula is C12H22O2. The molecule has 0 spiro atoms. The maximum atomic E-state index is 11.3. The number of rotatable bonds is 4. The second-order valence-electron chi connectivity index (χ2n) is 4.42. The quantitative estimate of drug-likeness (QED) is 0.511. The van der Waals surface area contributed by atoms with Crippen LogP contribution in [0.2, 0.25) is 0 Å². The van der Waals surface area contributed by atoms with E-state index in [4.69, 9.17) is 4.74 Å². The van der Waals surface area contributed by atoms with E-state index < -0.39 is 0 Å². The van der Waals surface area contributed by atoms with Gasteiger partial charge < -0.3 is 4.74 Å². The Kier molecular flexibility index (Phi) is 5.51. The van der Waals surface area contributed by atoms with Gasteiger partial charge in [0.15, 0.2) is 0 Å². The monoisotopic (exact) mass is 198 g/mol. The van der Waals surface area contributed by atoms with Crippen LogP contribution in [0.25, 0.3) is 0 Å². The Hall–Kier alpha value is -0.790. The zero-order chi connectivity index (χ0) is 11.2. The molecule has 0 aromatic carbocycles. The zero-order valence-electron chi connectivity index (χ0n) is 10.0. The van der Waals surface area contributed by atoms with E-state index in [1.54, 1.807) is 6.08 Å².